The van der Waals surface area contributed by atoms with E-state index < -0.39 is 17.7 Å². The number of benzene rings is 1. The maximum absolute atomic E-state index is 13.0. The topological polar surface area (TPSA) is 66.4 Å². The molecule has 1 aliphatic rings. The molecule has 0 aromatic heterocycles. The Morgan fingerprint density at radius 2 is 2.06 bits per heavy atom. The van der Waals surface area contributed by atoms with Gasteiger partial charge in [0.15, 0.2) is 0 Å². The van der Waals surface area contributed by atoms with Crippen LogP contribution in [-0.4, -0.2) is 23.0 Å². The summed E-state index contributed by atoms with van der Waals surface area (Å²) in [5.74, 6) is -2.10. The van der Waals surface area contributed by atoms with E-state index in [4.69, 9.17) is 5.11 Å². The highest BCUT2D eigenvalue weighted by atomic mass is 79.9. The Kier molecular flexibility index (Phi) is 3.65. The molecule has 6 heteroatoms. The van der Waals surface area contributed by atoms with Gasteiger partial charge in [0.25, 0.3) is 5.91 Å². The molecule has 0 spiro atoms. The summed E-state index contributed by atoms with van der Waals surface area (Å²) in [6.07, 6.45) is 0.849. The van der Waals surface area contributed by atoms with Crippen LogP contribution in [0.5, 0.6) is 0 Å². The molecule has 1 saturated carbocycles. The number of halogens is 2. The lowest BCUT2D eigenvalue weighted by Crippen LogP contribution is -2.46. The highest BCUT2D eigenvalue weighted by molar-refractivity contribution is 9.10. The van der Waals surface area contributed by atoms with Gasteiger partial charge in [-0.15, -0.1) is 0 Å². The molecule has 0 bridgehead atoms. The van der Waals surface area contributed by atoms with E-state index in [1.165, 1.54) is 12.1 Å². The third-order valence-electron chi connectivity index (χ3n) is 3.00. The van der Waals surface area contributed by atoms with E-state index in [9.17, 15) is 14.0 Å². The Bertz CT molecular complexity index is 500. The van der Waals surface area contributed by atoms with Gasteiger partial charge in [-0.3, -0.25) is 9.59 Å². The maximum Gasteiger partial charge on any atom is 0.306 e. The number of aliphatic carboxylic acids is 1. The van der Waals surface area contributed by atoms with Gasteiger partial charge in [-0.1, -0.05) is 0 Å². The Morgan fingerprint density at radius 3 is 2.67 bits per heavy atom. The highest BCUT2D eigenvalue weighted by Crippen LogP contribution is 2.28. The Morgan fingerprint density at radius 1 is 1.39 bits per heavy atom. The highest BCUT2D eigenvalue weighted by Gasteiger charge is 2.35. The van der Waals surface area contributed by atoms with E-state index in [-0.39, 0.29) is 17.5 Å². The second-order valence-corrected chi connectivity index (χ2v) is 5.16. The summed E-state index contributed by atoms with van der Waals surface area (Å²) >= 11 is 3.17. The van der Waals surface area contributed by atoms with Gasteiger partial charge in [0.2, 0.25) is 0 Å². The van der Waals surface area contributed by atoms with Crippen LogP contribution >= 0.6 is 15.9 Å². The lowest BCUT2D eigenvalue weighted by atomic mass is 9.80. The predicted octanol–water partition coefficient (Wildman–Crippen LogP) is 2.18. The minimum atomic E-state index is -0.840. The quantitative estimate of drug-likeness (QED) is 0.898. The average molecular weight is 316 g/mol. The van der Waals surface area contributed by atoms with Crippen LogP contribution in [0.2, 0.25) is 0 Å². The molecule has 0 atom stereocenters. The third-order valence-corrected chi connectivity index (χ3v) is 3.69. The monoisotopic (exact) mass is 315 g/mol. The SMILES string of the molecule is O=C(NC1CC(C(=O)O)C1)c1cc(F)ccc1Br. The maximum atomic E-state index is 13.0. The molecule has 0 radical (unpaired) electrons. The molecule has 1 amide bonds. The van der Waals surface area contributed by atoms with Gasteiger partial charge in [-0.25, -0.2) is 4.39 Å². The lowest BCUT2D eigenvalue weighted by molar-refractivity contribution is -0.145. The van der Waals surface area contributed by atoms with Gasteiger partial charge in [0, 0.05) is 10.5 Å². The molecule has 0 heterocycles. The summed E-state index contributed by atoms with van der Waals surface area (Å²) in [6.45, 7) is 0. The van der Waals surface area contributed by atoms with Gasteiger partial charge in [0.05, 0.1) is 11.5 Å². The molecule has 2 N–H and O–H groups in total. The first-order chi connectivity index (χ1) is 8.47. The van der Waals surface area contributed by atoms with Crippen LogP contribution in [0.25, 0.3) is 0 Å². The zero-order valence-corrected chi connectivity index (χ0v) is 10.9. The number of rotatable bonds is 3. The molecule has 0 unspecified atom stereocenters. The first kappa shape index (κ1) is 13.0. The van der Waals surface area contributed by atoms with E-state index in [1.807, 2.05) is 0 Å². The Labute approximate surface area is 111 Å². The summed E-state index contributed by atoms with van der Waals surface area (Å²) in [6, 6.07) is 3.72. The van der Waals surface area contributed by atoms with E-state index in [0.717, 1.165) is 6.07 Å². The minimum absolute atomic E-state index is 0.145. The molecule has 18 heavy (non-hydrogen) atoms. The first-order valence-corrected chi connectivity index (χ1v) is 6.25. The third kappa shape index (κ3) is 2.69. The van der Waals surface area contributed by atoms with Gasteiger partial charge >= 0.3 is 5.97 Å². The molecular weight excluding hydrogens is 305 g/mol. The number of nitrogens with one attached hydrogen (secondary N) is 1. The van der Waals surface area contributed by atoms with Crippen LogP contribution in [0.4, 0.5) is 4.39 Å². The van der Waals surface area contributed by atoms with Crippen molar-refractivity contribution in [1.82, 2.24) is 5.32 Å². The number of carbonyl (C=O) groups is 2. The standard InChI is InChI=1S/C12H11BrFNO3/c13-10-2-1-7(14)5-9(10)11(16)15-8-3-6(4-8)12(17)18/h1-2,5-6,8H,3-4H2,(H,15,16)(H,17,18). The molecular formula is C12H11BrFNO3. The van der Waals surface area contributed by atoms with Crippen LogP contribution in [0.1, 0.15) is 23.2 Å². The molecule has 4 nitrogen and oxygen atoms in total. The van der Waals surface area contributed by atoms with Crippen LogP contribution in [0, 0.1) is 11.7 Å². The van der Waals surface area contributed by atoms with E-state index in [0.29, 0.717) is 17.3 Å². The molecule has 1 fully saturated rings. The second-order valence-electron chi connectivity index (χ2n) is 4.30. The van der Waals surface area contributed by atoms with Crippen molar-refractivity contribution >= 4 is 27.8 Å². The van der Waals surface area contributed by atoms with Gasteiger partial charge in [0.1, 0.15) is 5.82 Å². The largest absolute Gasteiger partial charge is 0.481 e. The van der Waals surface area contributed by atoms with Crippen molar-refractivity contribution in [3.05, 3.63) is 34.1 Å². The number of hydrogen-bond acceptors (Lipinski definition) is 2. The average Bonchev–Trinajstić information content (AvgIpc) is 2.25. The van der Waals surface area contributed by atoms with Crippen molar-refractivity contribution in [2.45, 2.75) is 18.9 Å². The number of carbonyl (C=O) groups excluding carboxylic acids is 1. The summed E-state index contributed by atoms with van der Waals surface area (Å²) in [4.78, 5) is 22.5. The molecule has 0 aliphatic heterocycles. The van der Waals surface area contributed by atoms with E-state index >= 15 is 0 Å². The first-order valence-electron chi connectivity index (χ1n) is 5.46. The van der Waals surface area contributed by atoms with Gasteiger partial charge in [-0.2, -0.15) is 0 Å². The summed E-state index contributed by atoms with van der Waals surface area (Å²) in [5.41, 5.74) is 0.216. The van der Waals surface area contributed by atoms with Crippen molar-refractivity contribution in [3.63, 3.8) is 0 Å². The summed E-state index contributed by atoms with van der Waals surface area (Å²) < 4.78 is 13.5. The van der Waals surface area contributed by atoms with Crippen LogP contribution in [0.15, 0.2) is 22.7 Å². The summed E-state index contributed by atoms with van der Waals surface area (Å²) in [7, 11) is 0. The van der Waals surface area contributed by atoms with Crippen molar-refractivity contribution < 1.29 is 19.1 Å². The number of amides is 1. The number of carboxylic acid groups (broad SMARTS) is 1. The Balaban J connectivity index is 1.97. The fourth-order valence-corrected chi connectivity index (χ4v) is 2.30. The van der Waals surface area contributed by atoms with E-state index in [1.54, 1.807) is 0 Å². The van der Waals surface area contributed by atoms with E-state index in [2.05, 4.69) is 21.2 Å². The smallest absolute Gasteiger partial charge is 0.306 e. The normalized spacial score (nSPS) is 22.1. The predicted molar refractivity (Wildman–Crippen MR) is 65.7 cm³/mol. The van der Waals surface area contributed by atoms with Crippen molar-refractivity contribution in [2.24, 2.45) is 5.92 Å². The molecule has 1 aromatic carbocycles. The minimum Gasteiger partial charge on any atom is -0.481 e. The fraction of sp³-hybridized carbons (Fsp3) is 0.333. The van der Waals surface area contributed by atoms with Crippen molar-refractivity contribution in [1.29, 1.82) is 0 Å². The van der Waals surface area contributed by atoms with Crippen LogP contribution in [-0.2, 0) is 4.79 Å². The molecule has 2 rings (SSSR count). The zero-order valence-electron chi connectivity index (χ0n) is 9.32. The van der Waals surface area contributed by atoms with Crippen molar-refractivity contribution in [3.8, 4) is 0 Å². The fourth-order valence-electron chi connectivity index (χ4n) is 1.87. The van der Waals surface area contributed by atoms with Crippen LogP contribution in [0.3, 0.4) is 0 Å². The second kappa shape index (κ2) is 5.06. The lowest BCUT2D eigenvalue weighted by Gasteiger charge is -2.32. The molecule has 96 valence electrons. The molecule has 0 saturated heterocycles. The van der Waals surface area contributed by atoms with Gasteiger partial charge < -0.3 is 10.4 Å². The van der Waals surface area contributed by atoms with Crippen molar-refractivity contribution in [2.75, 3.05) is 0 Å². The number of carboxylic acids is 1. The van der Waals surface area contributed by atoms with Gasteiger partial charge in [-0.05, 0) is 47.0 Å². The summed E-state index contributed by atoms with van der Waals surface area (Å²) in [5, 5.41) is 11.4. The zero-order chi connectivity index (χ0) is 13.3. The number of hydrogen-bond donors (Lipinski definition) is 2. The Hall–Kier alpha value is -1.43. The molecule has 1 aromatic rings. The molecule has 1 aliphatic carbocycles. The van der Waals surface area contributed by atoms with Crippen LogP contribution < -0.4 is 5.32 Å².